The van der Waals surface area contributed by atoms with E-state index in [1.807, 2.05) is 27.7 Å². The summed E-state index contributed by atoms with van der Waals surface area (Å²) < 4.78 is 16.1. The van der Waals surface area contributed by atoms with Crippen molar-refractivity contribution in [1.29, 1.82) is 0 Å². The lowest BCUT2D eigenvalue weighted by atomic mass is 9.87. The Balaban J connectivity index is 2.04. The maximum absolute atomic E-state index is 11.3. The van der Waals surface area contributed by atoms with Gasteiger partial charge in [-0.05, 0) is 27.7 Å². The molecule has 1 heterocycles. The fraction of sp³-hybridized carbons (Fsp3) is 0.923. The first-order valence-corrected chi connectivity index (χ1v) is 6.41. The number of amides is 1. The van der Waals surface area contributed by atoms with E-state index in [9.17, 15) is 4.79 Å². The fourth-order valence-electron chi connectivity index (χ4n) is 1.53. The largest absolute Gasteiger partial charge is 0.444 e. The van der Waals surface area contributed by atoms with Crippen molar-refractivity contribution in [3.63, 3.8) is 0 Å². The summed E-state index contributed by atoms with van der Waals surface area (Å²) in [5.74, 6) is 0.524. The molecular weight excluding hydrogens is 234 g/mol. The molecule has 1 aliphatic heterocycles. The lowest BCUT2D eigenvalue weighted by Crippen LogP contribution is -2.53. The summed E-state index contributed by atoms with van der Waals surface area (Å²) in [6.45, 7) is 12.0. The molecule has 1 fully saturated rings. The number of carbonyl (C=O) groups excluding carboxylic acids is 1. The molecule has 0 aliphatic carbocycles. The van der Waals surface area contributed by atoms with Gasteiger partial charge in [-0.15, -0.1) is 0 Å². The Bertz CT molecular complexity index is 287. The van der Waals surface area contributed by atoms with Crippen LogP contribution in [0.15, 0.2) is 0 Å². The molecule has 1 N–H and O–H groups in total. The zero-order chi connectivity index (χ0) is 13.8. The first kappa shape index (κ1) is 15.2. The standard InChI is InChI=1S/C13H25NO4/c1-10-8-17-13(10,5)9-16-7-6-14-11(15)18-12(2,3)4/h10H,6-9H2,1-5H3,(H,14,15). The van der Waals surface area contributed by atoms with Gasteiger partial charge in [-0.3, -0.25) is 0 Å². The van der Waals surface area contributed by atoms with E-state index in [1.165, 1.54) is 0 Å². The van der Waals surface area contributed by atoms with Crippen molar-refractivity contribution in [2.24, 2.45) is 5.92 Å². The van der Waals surface area contributed by atoms with Crippen molar-refractivity contribution < 1.29 is 19.0 Å². The van der Waals surface area contributed by atoms with Crippen molar-refractivity contribution >= 4 is 6.09 Å². The molecule has 0 aromatic rings. The molecule has 0 saturated carbocycles. The Morgan fingerprint density at radius 3 is 2.61 bits per heavy atom. The van der Waals surface area contributed by atoms with Crippen LogP contribution in [0.4, 0.5) is 4.79 Å². The number of nitrogens with one attached hydrogen (secondary N) is 1. The molecule has 1 saturated heterocycles. The van der Waals surface area contributed by atoms with Gasteiger partial charge in [0.2, 0.25) is 0 Å². The molecular formula is C13H25NO4. The molecule has 2 atom stereocenters. The van der Waals surface area contributed by atoms with E-state index in [4.69, 9.17) is 14.2 Å². The number of hydrogen-bond acceptors (Lipinski definition) is 4. The molecule has 1 rings (SSSR count). The lowest BCUT2D eigenvalue weighted by Gasteiger charge is -2.44. The molecule has 0 aromatic carbocycles. The van der Waals surface area contributed by atoms with E-state index >= 15 is 0 Å². The van der Waals surface area contributed by atoms with E-state index < -0.39 is 11.7 Å². The third-order valence-corrected chi connectivity index (χ3v) is 3.01. The van der Waals surface area contributed by atoms with Crippen molar-refractivity contribution in [1.82, 2.24) is 5.32 Å². The third kappa shape index (κ3) is 4.82. The SMILES string of the molecule is CC1COC1(C)COCCNC(=O)OC(C)(C)C. The Morgan fingerprint density at radius 2 is 2.17 bits per heavy atom. The Morgan fingerprint density at radius 1 is 1.50 bits per heavy atom. The average molecular weight is 259 g/mol. The van der Waals surface area contributed by atoms with Gasteiger partial charge >= 0.3 is 6.09 Å². The van der Waals surface area contributed by atoms with E-state index in [2.05, 4.69) is 12.2 Å². The van der Waals surface area contributed by atoms with Crippen LogP contribution in [0, 0.1) is 5.92 Å². The second kappa shape index (κ2) is 5.89. The van der Waals surface area contributed by atoms with E-state index in [1.54, 1.807) is 0 Å². The van der Waals surface area contributed by atoms with Gasteiger partial charge in [0.25, 0.3) is 0 Å². The molecule has 0 radical (unpaired) electrons. The van der Waals surface area contributed by atoms with Gasteiger partial charge in [0.1, 0.15) is 5.60 Å². The highest BCUT2D eigenvalue weighted by Crippen LogP contribution is 2.32. The molecule has 18 heavy (non-hydrogen) atoms. The minimum Gasteiger partial charge on any atom is -0.444 e. The van der Waals surface area contributed by atoms with Gasteiger partial charge in [0, 0.05) is 12.5 Å². The highest BCUT2D eigenvalue weighted by atomic mass is 16.6. The van der Waals surface area contributed by atoms with Crippen LogP contribution in [0.2, 0.25) is 0 Å². The maximum atomic E-state index is 11.3. The summed E-state index contributed by atoms with van der Waals surface area (Å²) in [7, 11) is 0. The Labute approximate surface area is 109 Å². The van der Waals surface area contributed by atoms with Crippen molar-refractivity contribution in [2.75, 3.05) is 26.4 Å². The highest BCUT2D eigenvalue weighted by molar-refractivity contribution is 5.67. The molecule has 5 heteroatoms. The lowest BCUT2D eigenvalue weighted by molar-refractivity contribution is -0.212. The third-order valence-electron chi connectivity index (χ3n) is 3.01. The minimum absolute atomic E-state index is 0.161. The van der Waals surface area contributed by atoms with Crippen LogP contribution >= 0.6 is 0 Å². The smallest absolute Gasteiger partial charge is 0.407 e. The molecule has 5 nitrogen and oxygen atoms in total. The van der Waals surface area contributed by atoms with Gasteiger partial charge in [-0.25, -0.2) is 4.79 Å². The quantitative estimate of drug-likeness (QED) is 0.767. The molecule has 0 bridgehead atoms. The molecule has 1 aliphatic rings. The zero-order valence-corrected chi connectivity index (χ0v) is 12.0. The van der Waals surface area contributed by atoms with E-state index in [0.717, 1.165) is 6.61 Å². The van der Waals surface area contributed by atoms with Crippen molar-refractivity contribution in [2.45, 2.75) is 45.8 Å². The summed E-state index contributed by atoms with van der Waals surface area (Å²) in [6, 6.07) is 0. The topological polar surface area (TPSA) is 56.8 Å². The second-order valence-electron chi connectivity index (χ2n) is 6.01. The number of alkyl carbamates (subject to hydrolysis) is 1. The zero-order valence-electron chi connectivity index (χ0n) is 12.0. The van der Waals surface area contributed by atoms with Crippen LogP contribution in [0.3, 0.4) is 0 Å². The van der Waals surface area contributed by atoms with Gasteiger partial charge in [-0.1, -0.05) is 6.92 Å². The summed E-state index contributed by atoms with van der Waals surface area (Å²) in [5, 5.41) is 2.65. The number of carbonyl (C=O) groups is 1. The average Bonchev–Trinajstić information content (AvgIpc) is 2.24. The van der Waals surface area contributed by atoms with Crippen molar-refractivity contribution in [3.05, 3.63) is 0 Å². The molecule has 2 unspecified atom stereocenters. The first-order valence-electron chi connectivity index (χ1n) is 6.41. The van der Waals surface area contributed by atoms with Crippen LogP contribution in [0.5, 0.6) is 0 Å². The number of rotatable bonds is 5. The van der Waals surface area contributed by atoms with Gasteiger partial charge in [0.15, 0.2) is 0 Å². The maximum Gasteiger partial charge on any atom is 0.407 e. The van der Waals surface area contributed by atoms with Crippen molar-refractivity contribution in [3.8, 4) is 0 Å². The minimum atomic E-state index is -0.465. The predicted octanol–water partition coefficient (Wildman–Crippen LogP) is 1.95. The first-order chi connectivity index (χ1) is 8.23. The van der Waals surface area contributed by atoms with Crippen LogP contribution in [-0.4, -0.2) is 43.7 Å². The predicted molar refractivity (Wildman–Crippen MR) is 68.6 cm³/mol. The van der Waals surface area contributed by atoms with Gasteiger partial charge in [0.05, 0.1) is 25.4 Å². The van der Waals surface area contributed by atoms with Crippen LogP contribution in [-0.2, 0) is 14.2 Å². The number of hydrogen-bond donors (Lipinski definition) is 1. The van der Waals surface area contributed by atoms with E-state index in [0.29, 0.717) is 25.7 Å². The van der Waals surface area contributed by atoms with Crippen LogP contribution in [0.25, 0.3) is 0 Å². The second-order valence-corrected chi connectivity index (χ2v) is 6.01. The molecule has 1 amide bonds. The Hall–Kier alpha value is -0.810. The summed E-state index contributed by atoms with van der Waals surface area (Å²) >= 11 is 0. The Kier molecular flexibility index (Phi) is 4.99. The fourth-order valence-corrected chi connectivity index (χ4v) is 1.53. The summed E-state index contributed by atoms with van der Waals surface area (Å²) in [6.07, 6.45) is -0.412. The molecule has 0 spiro atoms. The molecule has 106 valence electrons. The molecule has 0 aromatic heterocycles. The normalized spacial score (nSPS) is 27.5. The highest BCUT2D eigenvalue weighted by Gasteiger charge is 2.41. The summed E-state index contributed by atoms with van der Waals surface area (Å²) in [4.78, 5) is 11.3. The van der Waals surface area contributed by atoms with Gasteiger partial charge < -0.3 is 19.5 Å². The van der Waals surface area contributed by atoms with Crippen LogP contribution < -0.4 is 5.32 Å². The number of ether oxygens (including phenoxy) is 3. The summed E-state index contributed by atoms with van der Waals surface area (Å²) in [5.41, 5.74) is -0.625. The van der Waals surface area contributed by atoms with E-state index in [-0.39, 0.29) is 5.60 Å². The van der Waals surface area contributed by atoms with Gasteiger partial charge in [-0.2, -0.15) is 0 Å². The monoisotopic (exact) mass is 259 g/mol. The van der Waals surface area contributed by atoms with Crippen LogP contribution in [0.1, 0.15) is 34.6 Å².